The van der Waals surface area contributed by atoms with Crippen LogP contribution in [0.2, 0.25) is 0 Å². The van der Waals surface area contributed by atoms with Crippen molar-refractivity contribution in [3.63, 3.8) is 0 Å². The quantitative estimate of drug-likeness (QED) is 0.389. The summed E-state index contributed by atoms with van der Waals surface area (Å²) in [5.74, 6) is -0.488. The van der Waals surface area contributed by atoms with Gasteiger partial charge in [-0.05, 0) is 37.5 Å². The molecule has 1 fully saturated rings. The zero-order chi connectivity index (χ0) is 17.3. The molecule has 1 saturated carbocycles. The van der Waals surface area contributed by atoms with Gasteiger partial charge in [0.2, 0.25) is 0 Å². The Morgan fingerprint density at radius 3 is 2.48 bits per heavy atom. The zero-order valence-electron chi connectivity index (χ0n) is 14.8. The minimum atomic E-state index is -0.552. The number of hydrogen-bond acceptors (Lipinski definition) is 4. The normalized spacial score (nSPS) is 15.8. The maximum atomic E-state index is 12.4. The highest BCUT2D eigenvalue weighted by atomic mass is 16.8. The molecule has 1 aliphatic carbocycles. The van der Waals surface area contributed by atoms with Crippen LogP contribution >= 0.6 is 0 Å². The Morgan fingerprint density at radius 1 is 1.26 bits per heavy atom. The van der Waals surface area contributed by atoms with Crippen molar-refractivity contribution in [2.75, 3.05) is 6.61 Å². The number of ether oxygens (including phenoxy) is 1. The molecule has 5 heteroatoms. The molecule has 0 unspecified atom stereocenters. The summed E-state index contributed by atoms with van der Waals surface area (Å²) in [4.78, 5) is 28.8. The van der Waals surface area contributed by atoms with Crippen LogP contribution in [0.1, 0.15) is 72.1 Å². The van der Waals surface area contributed by atoms with E-state index in [0.717, 1.165) is 56.4 Å². The summed E-state index contributed by atoms with van der Waals surface area (Å²) in [6.07, 6.45) is 9.22. The fraction of sp³-hybridized carbons (Fsp3) is 0.778. The van der Waals surface area contributed by atoms with E-state index >= 15 is 0 Å². The van der Waals surface area contributed by atoms with Gasteiger partial charge in [-0.3, -0.25) is 4.79 Å². The minimum absolute atomic E-state index is 0.0657. The minimum Gasteiger partial charge on any atom is -0.447 e. The third kappa shape index (κ3) is 7.53. The highest BCUT2D eigenvalue weighted by molar-refractivity contribution is 5.71. The number of hydroxylamine groups is 2. The van der Waals surface area contributed by atoms with Crippen LogP contribution in [0.5, 0.6) is 0 Å². The predicted octanol–water partition coefficient (Wildman–Crippen LogP) is 4.62. The topological polar surface area (TPSA) is 55.8 Å². The summed E-state index contributed by atoms with van der Waals surface area (Å²) in [7, 11) is 0. The molecule has 23 heavy (non-hydrogen) atoms. The lowest BCUT2D eigenvalue weighted by atomic mass is 9.88. The van der Waals surface area contributed by atoms with Crippen LogP contribution in [0, 0.1) is 5.41 Å². The monoisotopic (exact) mass is 325 g/mol. The molecule has 0 spiro atoms. The fourth-order valence-electron chi connectivity index (χ4n) is 2.83. The van der Waals surface area contributed by atoms with E-state index in [9.17, 15) is 9.59 Å². The molecule has 1 rings (SSSR count). The number of carbonyl (C=O) groups excluding carboxylic acids is 2. The van der Waals surface area contributed by atoms with Crippen LogP contribution in [-0.4, -0.2) is 29.8 Å². The zero-order valence-corrected chi connectivity index (χ0v) is 14.8. The first kappa shape index (κ1) is 19.5. The molecular formula is C18H31NO4. The Bertz CT molecular complexity index is 400. The number of allylic oxidation sites excluding steroid dienone is 1. The molecule has 0 aromatic rings. The summed E-state index contributed by atoms with van der Waals surface area (Å²) < 4.78 is 5.44. The third-order valence-corrected chi connectivity index (χ3v) is 4.16. The van der Waals surface area contributed by atoms with Gasteiger partial charge < -0.3 is 9.57 Å². The summed E-state index contributed by atoms with van der Waals surface area (Å²) in [6.45, 7) is 9.48. The van der Waals surface area contributed by atoms with E-state index in [4.69, 9.17) is 9.57 Å². The summed E-state index contributed by atoms with van der Waals surface area (Å²) in [5, 5.41) is 1.15. The van der Waals surface area contributed by atoms with Crippen molar-refractivity contribution < 1.29 is 19.2 Å². The van der Waals surface area contributed by atoms with Gasteiger partial charge in [-0.15, -0.1) is 11.6 Å². The molecule has 0 heterocycles. The second kappa shape index (κ2) is 9.58. The van der Waals surface area contributed by atoms with Crippen molar-refractivity contribution in [1.82, 2.24) is 5.06 Å². The molecule has 0 bridgehead atoms. The molecule has 0 atom stereocenters. The Balaban J connectivity index is 2.55. The molecule has 0 radical (unpaired) electrons. The van der Waals surface area contributed by atoms with E-state index in [-0.39, 0.29) is 11.5 Å². The van der Waals surface area contributed by atoms with Gasteiger partial charge in [-0.2, -0.15) is 0 Å². The summed E-state index contributed by atoms with van der Waals surface area (Å²) in [5.41, 5.74) is -0.104. The van der Waals surface area contributed by atoms with Gasteiger partial charge >= 0.3 is 12.1 Å². The SMILES string of the molecule is C=CCCCC(C)(C)COC(=O)N(OC(C)=O)C1CCCCC1. The van der Waals surface area contributed by atoms with Crippen LogP contribution in [0.4, 0.5) is 4.79 Å². The van der Waals surface area contributed by atoms with Crippen molar-refractivity contribution in [3.05, 3.63) is 12.7 Å². The lowest BCUT2D eigenvalue weighted by Crippen LogP contribution is -2.43. The van der Waals surface area contributed by atoms with Crippen molar-refractivity contribution in [2.45, 2.75) is 78.2 Å². The van der Waals surface area contributed by atoms with Crippen LogP contribution in [0.15, 0.2) is 12.7 Å². The van der Waals surface area contributed by atoms with Crippen molar-refractivity contribution in [1.29, 1.82) is 0 Å². The van der Waals surface area contributed by atoms with Gasteiger partial charge in [-0.25, -0.2) is 4.79 Å². The van der Waals surface area contributed by atoms with E-state index in [0.29, 0.717) is 6.61 Å². The van der Waals surface area contributed by atoms with Gasteiger partial charge in [0.15, 0.2) is 0 Å². The molecule has 5 nitrogen and oxygen atoms in total. The lowest BCUT2D eigenvalue weighted by Gasteiger charge is -2.32. The second-order valence-corrected chi connectivity index (χ2v) is 7.10. The van der Waals surface area contributed by atoms with Crippen LogP contribution in [0.25, 0.3) is 0 Å². The maximum absolute atomic E-state index is 12.4. The third-order valence-electron chi connectivity index (χ3n) is 4.16. The van der Waals surface area contributed by atoms with Crippen LogP contribution in [-0.2, 0) is 14.4 Å². The van der Waals surface area contributed by atoms with E-state index in [1.807, 2.05) is 6.08 Å². The number of unbranched alkanes of at least 4 members (excludes halogenated alkanes) is 1. The van der Waals surface area contributed by atoms with Crippen molar-refractivity contribution >= 4 is 12.1 Å². The van der Waals surface area contributed by atoms with Crippen molar-refractivity contribution in [2.24, 2.45) is 5.41 Å². The average Bonchev–Trinajstić information content (AvgIpc) is 2.51. The number of rotatable bonds is 7. The Labute approximate surface area is 140 Å². The number of nitrogens with zero attached hydrogens (tertiary/aromatic N) is 1. The average molecular weight is 325 g/mol. The van der Waals surface area contributed by atoms with Crippen LogP contribution in [0.3, 0.4) is 0 Å². The van der Waals surface area contributed by atoms with Crippen molar-refractivity contribution in [3.8, 4) is 0 Å². The molecule has 0 aromatic carbocycles. The largest absolute Gasteiger partial charge is 0.447 e. The standard InChI is InChI=1S/C18H31NO4/c1-5-6-10-13-18(3,4)14-22-17(21)19(23-15(2)20)16-11-8-7-9-12-16/h5,16H,1,6-14H2,2-4H3. The molecule has 0 saturated heterocycles. The lowest BCUT2D eigenvalue weighted by molar-refractivity contribution is -0.191. The van der Waals surface area contributed by atoms with Crippen LogP contribution < -0.4 is 0 Å². The molecular weight excluding hydrogens is 294 g/mol. The highest BCUT2D eigenvalue weighted by Crippen LogP contribution is 2.26. The van der Waals surface area contributed by atoms with Gasteiger partial charge in [0.05, 0.1) is 12.6 Å². The molecule has 0 aromatic heterocycles. The van der Waals surface area contributed by atoms with E-state index in [1.54, 1.807) is 0 Å². The van der Waals surface area contributed by atoms with Gasteiger partial charge in [0.25, 0.3) is 0 Å². The Kier molecular flexibility index (Phi) is 8.13. The first-order valence-electron chi connectivity index (χ1n) is 8.61. The molecule has 0 aliphatic heterocycles. The predicted molar refractivity (Wildman–Crippen MR) is 89.7 cm³/mol. The molecule has 1 amide bonds. The summed E-state index contributed by atoms with van der Waals surface area (Å²) in [6, 6.07) is -0.0657. The number of carbonyl (C=O) groups is 2. The number of hydrogen-bond donors (Lipinski definition) is 0. The van der Waals surface area contributed by atoms with Gasteiger partial charge in [0, 0.05) is 6.92 Å². The number of amides is 1. The second-order valence-electron chi connectivity index (χ2n) is 7.10. The van der Waals surface area contributed by atoms with Gasteiger partial charge in [-0.1, -0.05) is 39.2 Å². The van der Waals surface area contributed by atoms with Gasteiger partial charge in [0.1, 0.15) is 0 Å². The Hall–Kier alpha value is -1.52. The first-order valence-corrected chi connectivity index (χ1v) is 8.61. The highest BCUT2D eigenvalue weighted by Gasteiger charge is 2.31. The van der Waals surface area contributed by atoms with E-state index < -0.39 is 12.1 Å². The van der Waals surface area contributed by atoms with E-state index in [2.05, 4.69) is 20.4 Å². The maximum Gasteiger partial charge on any atom is 0.443 e. The summed E-state index contributed by atoms with van der Waals surface area (Å²) >= 11 is 0. The molecule has 1 aliphatic rings. The first-order chi connectivity index (χ1) is 10.9. The molecule has 0 N–H and O–H groups in total. The van der Waals surface area contributed by atoms with E-state index in [1.165, 1.54) is 6.92 Å². The Morgan fingerprint density at radius 2 is 1.91 bits per heavy atom. The molecule has 132 valence electrons. The smallest absolute Gasteiger partial charge is 0.443 e. The fourth-order valence-corrected chi connectivity index (χ4v) is 2.83.